The maximum Gasteiger partial charge on any atom is 0.126 e. The highest BCUT2D eigenvalue weighted by Gasteiger charge is 2.34. The summed E-state index contributed by atoms with van der Waals surface area (Å²) < 4.78 is 45.5. The Kier molecular flexibility index (Phi) is 22.7. The highest BCUT2D eigenvalue weighted by molar-refractivity contribution is 8.46. The van der Waals surface area contributed by atoms with E-state index < -0.39 is 0 Å². The van der Waals surface area contributed by atoms with E-state index in [4.69, 9.17) is 18.9 Å². The SMILES string of the molecule is CCCOc1c2cc3cc1Cc1cc4cc(c1OCCC)Cc1cc(cc(c1OCCC)Cc1cc(cc(c1OCCC)C2)CSC1=C(SC3)SC(=C2SC(SC)=C(SC)S2)S1)CSC1=C(SC4)SC(=C2SC(SC)=C(SC)S2)S1. The van der Waals surface area contributed by atoms with Gasteiger partial charge in [0.15, 0.2) is 0 Å². The van der Waals surface area contributed by atoms with E-state index >= 15 is 0 Å². The first kappa shape index (κ1) is 61.8. The van der Waals surface area contributed by atoms with Gasteiger partial charge in [-0.05, 0) is 117 Å². The van der Waals surface area contributed by atoms with E-state index in [0.717, 1.165) is 71.7 Å². The summed E-state index contributed by atoms with van der Waals surface area (Å²) in [7, 11) is 0. The van der Waals surface area contributed by atoms with Gasteiger partial charge >= 0.3 is 0 Å². The average molecular weight is 1360 g/mol. The third kappa shape index (κ3) is 14.3. The van der Waals surface area contributed by atoms with Crippen molar-refractivity contribution in [1.82, 2.24) is 0 Å². The van der Waals surface area contributed by atoms with Crippen molar-refractivity contribution in [3.8, 4) is 23.0 Å². The Hall–Kier alpha value is 0.120. The molecule has 424 valence electrons. The first-order chi connectivity index (χ1) is 39.2. The number of hydrogen-bond acceptors (Lipinski definition) is 20. The second kappa shape index (κ2) is 29.4. The van der Waals surface area contributed by atoms with E-state index in [1.807, 2.05) is 188 Å². The molecule has 7 aliphatic rings. The minimum Gasteiger partial charge on any atom is -0.493 e. The summed E-state index contributed by atoms with van der Waals surface area (Å²) in [5, 5.41) is 0. The molecule has 0 fully saturated rings. The highest BCUT2D eigenvalue weighted by Crippen LogP contribution is 2.68. The van der Waals surface area contributed by atoms with Crippen LogP contribution in [0.4, 0.5) is 0 Å². The van der Waals surface area contributed by atoms with Gasteiger partial charge in [-0.25, -0.2) is 0 Å². The Morgan fingerprint density at radius 1 is 0.300 bits per heavy atom. The van der Waals surface area contributed by atoms with Crippen molar-refractivity contribution in [2.45, 2.75) is 102 Å². The van der Waals surface area contributed by atoms with E-state index in [9.17, 15) is 0 Å². The number of ether oxygens (including phenoxy) is 4. The fraction of sp³-hybridized carbons (Fsp3) is 0.400. The van der Waals surface area contributed by atoms with Gasteiger partial charge in [0, 0.05) is 48.7 Å². The van der Waals surface area contributed by atoms with E-state index in [0.29, 0.717) is 52.1 Å². The molecule has 0 aromatic heterocycles. The molecule has 4 aromatic rings. The monoisotopic (exact) mass is 1360 g/mol. The van der Waals surface area contributed by atoms with E-state index in [2.05, 4.69) is 101 Å². The predicted octanol–water partition coefficient (Wildman–Crippen LogP) is 22.6. The zero-order valence-electron chi connectivity index (χ0n) is 46.1. The second-order valence-electron chi connectivity index (χ2n) is 19.3. The quantitative estimate of drug-likeness (QED) is 0.0940. The summed E-state index contributed by atoms with van der Waals surface area (Å²) in [5.74, 6) is 7.50. The van der Waals surface area contributed by atoms with Crippen molar-refractivity contribution in [3.63, 3.8) is 0 Å². The summed E-state index contributed by atoms with van der Waals surface area (Å²) in [6.45, 7) is 11.5. The molecule has 1 aliphatic carbocycles. The molecule has 0 N–H and O–H groups in total. The Labute approximate surface area is 543 Å². The topological polar surface area (TPSA) is 36.9 Å². The van der Waals surface area contributed by atoms with Crippen LogP contribution < -0.4 is 18.9 Å². The molecular weight excluding hydrogens is 1300 g/mol. The maximum absolute atomic E-state index is 7.12. The summed E-state index contributed by atoms with van der Waals surface area (Å²) >= 11 is 31.3. The van der Waals surface area contributed by atoms with Crippen LogP contribution >= 0.6 is 188 Å². The van der Waals surface area contributed by atoms with Crippen LogP contribution in [0.3, 0.4) is 0 Å². The first-order valence-corrected chi connectivity index (χ1v) is 42.2. The third-order valence-corrected chi connectivity index (χ3v) is 36.1. The number of thioether (sulfide) groups is 16. The van der Waals surface area contributed by atoms with Gasteiger partial charge in [0.2, 0.25) is 0 Å². The fourth-order valence-electron chi connectivity index (χ4n) is 9.94. The van der Waals surface area contributed by atoms with Gasteiger partial charge in [-0.3, -0.25) is 0 Å². The van der Waals surface area contributed by atoms with Crippen LogP contribution in [-0.2, 0) is 48.7 Å². The molecule has 80 heavy (non-hydrogen) atoms. The third-order valence-electron chi connectivity index (χ3n) is 13.2. The molecule has 0 saturated heterocycles. The largest absolute Gasteiger partial charge is 0.493 e. The lowest BCUT2D eigenvalue weighted by Gasteiger charge is -2.25. The van der Waals surface area contributed by atoms with Gasteiger partial charge in [0.25, 0.3) is 0 Å². The average Bonchev–Trinajstić information content (AvgIpc) is 4.28. The van der Waals surface area contributed by atoms with Crippen LogP contribution in [0.15, 0.2) is 99.4 Å². The van der Waals surface area contributed by atoms with Gasteiger partial charge in [0.1, 0.15) is 23.0 Å². The van der Waals surface area contributed by atoms with E-state index in [-0.39, 0.29) is 0 Å². The first-order valence-electron chi connectivity index (χ1n) is 26.8. The Morgan fingerprint density at radius 3 is 0.688 bits per heavy atom. The molecule has 6 heterocycles. The highest BCUT2D eigenvalue weighted by atomic mass is 32.3. The standard InChI is InChI=1S/C60H64O4S16/c1-9-13-61-45-37-17-33-21-41(45)27-42-22-35-19-39(47(42)63-15-11-3)26-40-20-36(32-72-56-55(71-31-35)79-60(80-56)58-75-51(67-7)52(68-8)76-58)24-44(48(40)64-16-12-4)28-43-23-34(18-38(25-37)46(43)62-14-10-2)30-70-54-53(69-29-33)77-59(78-54)57-73-49(65-5)50(66-6)74-57/h17-24H,9-16,25-32H2,1-8H3. The number of fused-ring (bicyclic) bond motifs is 8. The lowest BCUT2D eigenvalue weighted by Crippen LogP contribution is -2.11. The summed E-state index contributed by atoms with van der Waals surface area (Å²) in [6.07, 6.45) is 15.3. The van der Waals surface area contributed by atoms with Crippen LogP contribution in [0.25, 0.3) is 0 Å². The molecule has 6 aliphatic heterocycles. The molecule has 0 atom stereocenters. The Balaban J connectivity index is 1.12. The molecule has 20 heteroatoms. The van der Waals surface area contributed by atoms with Gasteiger partial charge < -0.3 is 18.9 Å². The molecule has 0 saturated carbocycles. The Bertz CT molecular complexity index is 2840. The van der Waals surface area contributed by atoms with Crippen molar-refractivity contribution in [2.75, 3.05) is 51.5 Å². The molecule has 4 nitrogen and oxygen atoms in total. The summed E-state index contributed by atoms with van der Waals surface area (Å²) in [4.78, 5) is 0. The van der Waals surface area contributed by atoms with Gasteiger partial charge in [-0.15, -0.1) is 94.1 Å². The van der Waals surface area contributed by atoms with Crippen molar-refractivity contribution in [2.24, 2.45) is 0 Å². The predicted molar refractivity (Wildman–Crippen MR) is 382 cm³/mol. The zero-order valence-corrected chi connectivity index (χ0v) is 59.2. The van der Waals surface area contributed by atoms with Crippen molar-refractivity contribution in [1.29, 1.82) is 0 Å². The molecule has 0 unspecified atom stereocenters. The van der Waals surface area contributed by atoms with Crippen LogP contribution in [0.5, 0.6) is 23.0 Å². The number of rotatable bonds is 16. The van der Waals surface area contributed by atoms with Crippen molar-refractivity contribution >= 4 is 188 Å². The number of hydrogen-bond donors (Lipinski definition) is 0. The van der Waals surface area contributed by atoms with E-state index in [1.54, 1.807) is 0 Å². The minimum atomic E-state index is 0.643. The summed E-state index contributed by atoms with van der Waals surface area (Å²) in [5.41, 5.74) is 15.1. The molecular formula is C60H64O4S16. The molecule has 0 radical (unpaired) electrons. The molecule has 11 rings (SSSR count). The van der Waals surface area contributed by atoms with Crippen LogP contribution in [0.1, 0.15) is 120 Å². The maximum atomic E-state index is 7.12. The fourth-order valence-corrected chi connectivity index (χ4v) is 31.9. The minimum absolute atomic E-state index is 0.643. The molecule has 0 amide bonds. The van der Waals surface area contributed by atoms with Gasteiger partial charge in [-0.2, -0.15) is 0 Å². The molecule has 4 aromatic carbocycles. The Morgan fingerprint density at radius 2 is 0.500 bits per heavy atom. The molecule has 0 spiro atoms. The van der Waals surface area contributed by atoms with Gasteiger partial charge in [0.05, 0.1) is 77.3 Å². The lowest BCUT2D eigenvalue weighted by atomic mass is 9.88. The van der Waals surface area contributed by atoms with Crippen LogP contribution in [0.2, 0.25) is 0 Å². The van der Waals surface area contributed by atoms with Crippen LogP contribution in [0, 0.1) is 0 Å². The second-order valence-corrected chi connectivity index (χ2v) is 37.8. The van der Waals surface area contributed by atoms with Crippen molar-refractivity contribution < 1.29 is 18.9 Å². The lowest BCUT2D eigenvalue weighted by molar-refractivity contribution is 0.304. The smallest absolute Gasteiger partial charge is 0.126 e. The van der Waals surface area contributed by atoms with E-state index in [1.165, 1.54) is 118 Å². The summed E-state index contributed by atoms with van der Waals surface area (Å²) in [6, 6.07) is 19.8. The number of benzene rings is 4. The van der Waals surface area contributed by atoms with Gasteiger partial charge in [-0.1, -0.05) is 170 Å². The molecule has 12 bridgehead atoms. The zero-order chi connectivity index (χ0) is 55.3. The van der Waals surface area contributed by atoms with Crippen molar-refractivity contribution in [3.05, 3.63) is 166 Å². The van der Waals surface area contributed by atoms with Crippen LogP contribution in [-0.4, -0.2) is 51.5 Å². The normalized spacial score (nSPS) is 18.3.